The van der Waals surface area contributed by atoms with E-state index in [9.17, 15) is 9.59 Å². The lowest BCUT2D eigenvalue weighted by Gasteiger charge is -2.20. The van der Waals surface area contributed by atoms with Crippen LogP contribution in [0.25, 0.3) is 10.8 Å². The first-order chi connectivity index (χ1) is 12.1. The maximum absolute atomic E-state index is 12.3. The zero-order chi connectivity index (χ0) is 17.6. The third-order valence-corrected chi connectivity index (χ3v) is 4.62. The second-order valence-electron chi connectivity index (χ2n) is 6.57. The summed E-state index contributed by atoms with van der Waals surface area (Å²) in [6.07, 6.45) is 1.32. The monoisotopic (exact) mass is 340 g/mol. The van der Waals surface area contributed by atoms with Crippen LogP contribution < -0.4 is 5.32 Å². The van der Waals surface area contributed by atoms with Crippen molar-refractivity contribution in [3.63, 3.8) is 0 Å². The maximum atomic E-state index is 12.3. The van der Waals surface area contributed by atoms with Gasteiger partial charge in [0.2, 0.25) is 5.91 Å². The minimum atomic E-state index is -0.148. The lowest BCUT2D eigenvalue weighted by atomic mass is 10.1. The normalized spacial score (nSPS) is 16.8. The van der Waals surface area contributed by atoms with Gasteiger partial charge in [-0.05, 0) is 29.3 Å². The number of hydrogen-bond donors (Lipinski definition) is 1. The van der Waals surface area contributed by atoms with E-state index in [-0.39, 0.29) is 11.8 Å². The van der Waals surface area contributed by atoms with Crippen LogP contribution in [0.5, 0.6) is 0 Å². The summed E-state index contributed by atoms with van der Waals surface area (Å²) in [6, 6.07) is 13.5. The SMILES string of the molecule is CN(CC1CCOC1)C(=O)CCNC(=O)c1ccc2ccccc2c1. The van der Waals surface area contributed by atoms with Gasteiger partial charge in [0.05, 0.1) is 6.61 Å². The van der Waals surface area contributed by atoms with Gasteiger partial charge in [-0.25, -0.2) is 0 Å². The van der Waals surface area contributed by atoms with Crippen LogP contribution in [0.4, 0.5) is 0 Å². The van der Waals surface area contributed by atoms with Gasteiger partial charge < -0.3 is 15.0 Å². The molecule has 2 amide bonds. The van der Waals surface area contributed by atoms with Gasteiger partial charge in [0.15, 0.2) is 0 Å². The van der Waals surface area contributed by atoms with Crippen molar-refractivity contribution in [3.8, 4) is 0 Å². The molecule has 1 aliphatic rings. The molecule has 0 saturated carbocycles. The second-order valence-corrected chi connectivity index (χ2v) is 6.57. The van der Waals surface area contributed by atoms with Gasteiger partial charge in [-0.3, -0.25) is 9.59 Å². The first-order valence-electron chi connectivity index (χ1n) is 8.72. The van der Waals surface area contributed by atoms with E-state index in [1.807, 2.05) is 49.5 Å². The van der Waals surface area contributed by atoms with Crippen molar-refractivity contribution in [1.82, 2.24) is 10.2 Å². The fourth-order valence-electron chi connectivity index (χ4n) is 3.12. The summed E-state index contributed by atoms with van der Waals surface area (Å²) in [4.78, 5) is 26.2. The summed E-state index contributed by atoms with van der Waals surface area (Å²) in [5.41, 5.74) is 0.614. The van der Waals surface area contributed by atoms with E-state index in [4.69, 9.17) is 4.74 Å². The molecule has 1 saturated heterocycles. The molecule has 0 spiro atoms. The average molecular weight is 340 g/mol. The van der Waals surface area contributed by atoms with Crippen molar-refractivity contribution in [3.05, 3.63) is 48.0 Å². The highest BCUT2D eigenvalue weighted by Gasteiger charge is 2.20. The van der Waals surface area contributed by atoms with Crippen molar-refractivity contribution < 1.29 is 14.3 Å². The molecule has 0 bridgehead atoms. The Morgan fingerprint density at radius 3 is 2.76 bits per heavy atom. The summed E-state index contributed by atoms with van der Waals surface area (Å²) in [6.45, 7) is 2.58. The van der Waals surface area contributed by atoms with Gasteiger partial charge in [-0.1, -0.05) is 30.3 Å². The van der Waals surface area contributed by atoms with Gasteiger partial charge in [0, 0.05) is 44.6 Å². The Labute approximate surface area is 148 Å². The predicted octanol–water partition coefficient (Wildman–Crippen LogP) is 2.45. The Morgan fingerprint density at radius 2 is 2.00 bits per heavy atom. The number of fused-ring (bicyclic) bond motifs is 1. The van der Waals surface area contributed by atoms with Crippen molar-refractivity contribution >= 4 is 22.6 Å². The van der Waals surface area contributed by atoms with Gasteiger partial charge in [0.1, 0.15) is 0 Å². The highest BCUT2D eigenvalue weighted by Crippen LogP contribution is 2.16. The van der Waals surface area contributed by atoms with Crippen LogP contribution in [0.3, 0.4) is 0 Å². The molecule has 1 N–H and O–H groups in total. The molecule has 1 fully saturated rings. The molecule has 0 aliphatic carbocycles. The summed E-state index contributed by atoms with van der Waals surface area (Å²) in [5, 5.41) is 4.97. The molecule has 2 aromatic carbocycles. The minimum Gasteiger partial charge on any atom is -0.381 e. The van der Waals surface area contributed by atoms with Gasteiger partial charge in [-0.2, -0.15) is 0 Å². The Hall–Kier alpha value is -2.40. The largest absolute Gasteiger partial charge is 0.381 e. The lowest BCUT2D eigenvalue weighted by molar-refractivity contribution is -0.130. The summed E-state index contributed by atoms with van der Waals surface area (Å²) >= 11 is 0. The summed E-state index contributed by atoms with van der Waals surface area (Å²) in [5.74, 6) is 0.331. The third-order valence-electron chi connectivity index (χ3n) is 4.62. The zero-order valence-electron chi connectivity index (χ0n) is 14.5. The highest BCUT2D eigenvalue weighted by atomic mass is 16.5. The average Bonchev–Trinajstić information content (AvgIpc) is 3.14. The smallest absolute Gasteiger partial charge is 0.251 e. The fraction of sp³-hybridized carbons (Fsp3) is 0.400. The summed E-state index contributed by atoms with van der Waals surface area (Å²) < 4.78 is 5.33. The van der Waals surface area contributed by atoms with Crippen LogP contribution >= 0.6 is 0 Å². The molecule has 2 aromatic rings. The number of nitrogens with one attached hydrogen (secondary N) is 1. The molecule has 1 unspecified atom stereocenters. The Morgan fingerprint density at radius 1 is 1.20 bits per heavy atom. The van der Waals surface area contributed by atoms with E-state index in [0.29, 0.717) is 24.4 Å². The molecule has 5 heteroatoms. The minimum absolute atomic E-state index is 0.0470. The standard InChI is InChI=1S/C20H24N2O3/c1-22(13-15-9-11-25-14-15)19(23)8-10-21-20(24)18-7-6-16-4-2-3-5-17(16)12-18/h2-7,12,15H,8-11,13-14H2,1H3,(H,21,24). The second kappa shape index (κ2) is 8.12. The highest BCUT2D eigenvalue weighted by molar-refractivity contribution is 5.98. The van der Waals surface area contributed by atoms with Crippen LogP contribution in [0.1, 0.15) is 23.2 Å². The molecule has 1 atom stereocenters. The van der Waals surface area contributed by atoms with Crippen molar-refractivity contribution in [2.45, 2.75) is 12.8 Å². The Bertz CT molecular complexity index is 753. The molecule has 1 aliphatic heterocycles. The van der Waals surface area contributed by atoms with Crippen molar-refractivity contribution in [2.75, 3.05) is 33.4 Å². The maximum Gasteiger partial charge on any atom is 0.251 e. The molecule has 132 valence electrons. The van der Waals surface area contributed by atoms with E-state index >= 15 is 0 Å². The predicted molar refractivity (Wildman–Crippen MR) is 97.5 cm³/mol. The number of rotatable bonds is 6. The topological polar surface area (TPSA) is 58.6 Å². The molecule has 1 heterocycles. The number of benzene rings is 2. The number of ether oxygens (including phenoxy) is 1. The molecule has 0 radical (unpaired) electrons. The van der Waals surface area contributed by atoms with E-state index in [1.54, 1.807) is 4.90 Å². The van der Waals surface area contributed by atoms with Gasteiger partial charge in [0.25, 0.3) is 5.91 Å². The fourth-order valence-corrected chi connectivity index (χ4v) is 3.12. The Kier molecular flexibility index (Phi) is 5.66. The molecular weight excluding hydrogens is 316 g/mol. The first-order valence-corrected chi connectivity index (χ1v) is 8.72. The van der Waals surface area contributed by atoms with Gasteiger partial charge in [-0.15, -0.1) is 0 Å². The van der Waals surface area contributed by atoms with Crippen molar-refractivity contribution in [1.29, 1.82) is 0 Å². The van der Waals surface area contributed by atoms with E-state index in [2.05, 4.69) is 5.32 Å². The number of carbonyl (C=O) groups is 2. The van der Waals surface area contributed by atoms with Gasteiger partial charge >= 0.3 is 0 Å². The molecular formula is C20H24N2O3. The number of amides is 2. The van der Waals surface area contributed by atoms with Crippen LogP contribution in [0, 0.1) is 5.92 Å². The van der Waals surface area contributed by atoms with Crippen molar-refractivity contribution in [2.24, 2.45) is 5.92 Å². The number of hydrogen-bond acceptors (Lipinski definition) is 3. The van der Waals surface area contributed by atoms with E-state index in [0.717, 1.165) is 37.0 Å². The summed E-state index contributed by atoms with van der Waals surface area (Å²) in [7, 11) is 1.81. The molecule has 5 nitrogen and oxygen atoms in total. The molecule has 0 aromatic heterocycles. The molecule has 25 heavy (non-hydrogen) atoms. The molecule has 3 rings (SSSR count). The first kappa shape index (κ1) is 17.4. The van der Waals surface area contributed by atoms with Crippen LogP contribution in [-0.2, 0) is 9.53 Å². The van der Waals surface area contributed by atoms with E-state index < -0.39 is 0 Å². The van der Waals surface area contributed by atoms with E-state index in [1.165, 1.54) is 0 Å². The third kappa shape index (κ3) is 4.57. The Balaban J connectivity index is 1.47. The number of nitrogens with zero attached hydrogens (tertiary/aromatic N) is 1. The number of carbonyl (C=O) groups excluding carboxylic acids is 2. The quantitative estimate of drug-likeness (QED) is 0.879. The zero-order valence-corrected chi connectivity index (χ0v) is 14.5. The van der Waals surface area contributed by atoms with Crippen LogP contribution in [0.2, 0.25) is 0 Å². The lowest BCUT2D eigenvalue weighted by Crippen LogP contribution is -2.35. The van der Waals surface area contributed by atoms with Crippen LogP contribution in [-0.4, -0.2) is 50.1 Å². The van der Waals surface area contributed by atoms with Crippen LogP contribution in [0.15, 0.2) is 42.5 Å².